The minimum Gasteiger partial charge on any atom is -0.489 e. The maximum atomic E-state index is 15.5. The van der Waals surface area contributed by atoms with Gasteiger partial charge >= 0.3 is 5.97 Å². The van der Waals surface area contributed by atoms with Crippen LogP contribution in [0.2, 0.25) is 0 Å². The molecule has 0 heterocycles. The molecule has 478 valence electrons. The summed E-state index contributed by atoms with van der Waals surface area (Å²) in [7, 11) is 3.76. The number of ether oxygens (including phenoxy) is 3. The van der Waals surface area contributed by atoms with Crippen LogP contribution in [0.5, 0.6) is 11.5 Å². The third-order valence-corrected chi connectivity index (χ3v) is 19.2. The fourth-order valence-electron chi connectivity index (χ4n) is 13.5. The molecule has 12 rings (SSSR count). The van der Waals surface area contributed by atoms with Gasteiger partial charge in [0.15, 0.2) is 0 Å². The molecule has 10 aromatic rings. The van der Waals surface area contributed by atoms with Gasteiger partial charge < -0.3 is 30.2 Å². The molecule has 10 heteroatoms. The van der Waals surface area contributed by atoms with E-state index in [1.54, 1.807) is 0 Å². The van der Waals surface area contributed by atoms with Gasteiger partial charge in [-0.1, -0.05) is 280 Å². The van der Waals surface area contributed by atoms with E-state index in [2.05, 4.69) is 113 Å². The molecule has 3 atom stereocenters. The van der Waals surface area contributed by atoms with E-state index in [0.29, 0.717) is 39.1 Å². The predicted octanol–water partition coefficient (Wildman–Crippen LogP) is 15.1. The fourth-order valence-corrected chi connectivity index (χ4v) is 13.5. The first-order valence-corrected chi connectivity index (χ1v) is 33.1. The lowest BCUT2D eigenvalue weighted by Crippen LogP contribution is -2.62. The van der Waals surface area contributed by atoms with E-state index in [9.17, 15) is 4.79 Å². The van der Waals surface area contributed by atoms with Gasteiger partial charge in [-0.05, 0) is 133 Å². The van der Waals surface area contributed by atoms with E-state index in [1.165, 1.54) is 17.5 Å². The summed E-state index contributed by atoms with van der Waals surface area (Å²) in [6, 6.07) is 95.5. The zero-order valence-corrected chi connectivity index (χ0v) is 54.0. The molecule has 2 aliphatic carbocycles. The number of nitrogens with zero attached hydrogens (tertiary/aromatic N) is 1. The number of carbonyl (C=O) groups is 3. The first-order valence-electron chi connectivity index (χ1n) is 33.1. The average molecular weight is 1250 g/mol. The monoisotopic (exact) mass is 1250 g/mol. The molecule has 0 aromatic heterocycles. The molecule has 2 saturated carbocycles. The molecule has 0 saturated heterocycles. The Hall–Kier alpha value is -9.87. The fraction of sp³-hybridized carbons (Fsp3) is 0.250. The van der Waals surface area contributed by atoms with Crippen LogP contribution in [-0.4, -0.2) is 68.0 Å². The molecule has 3 N–H and O–H groups in total. The van der Waals surface area contributed by atoms with Gasteiger partial charge in [0.05, 0.1) is 17.5 Å². The van der Waals surface area contributed by atoms with Crippen LogP contribution in [-0.2, 0) is 68.0 Å². The molecular formula is C84H86N4O6. The van der Waals surface area contributed by atoms with Crippen molar-refractivity contribution in [1.82, 2.24) is 20.9 Å². The van der Waals surface area contributed by atoms with Gasteiger partial charge in [0, 0.05) is 23.9 Å². The van der Waals surface area contributed by atoms with Crippen molar-refractivity contribution in [3.8, 4) is 11.5 Å². The van der Waals surface area contributed by atoms with Gasteiger partial charge in [-0.3, -0.25) is 19.3 Å². The highest BCUT2D eigenvalue weighted by molar-refractivity contribution is 5.86. The van der Waals surface area contributed by atoms with Gasteiger partial charge in [0.25, 0.3) is 0 Å². The van der Waals surface area contributed by atoms with Crippen molar-refractivity contribution in [3.05, 3.63) is 347 Å². The summed E-state index contributed by atoms with van der Waals surface area (Å²) in [5.41, 5.74) is 9.26. The van der Waals surface area contributed by atoms with Crippen LogP contribution in [0.4, 0.5) is 0 Å². The zero-order valence-electron chi connectivity index (χ0n) is 54.0. The normalized spacial score (nSPS) is 14.6. The Morgan fingerprint density at radius 2 is 0.755 bits per heavy atom. The van der Waals surface area contributed by atoms with Gasteiger partial charge in [0.1, 0.15) is 37.4 Å². The number of likely N-dealkylation sites (N-methyl/N-ethyl adjacent to an activating group) is 2. The topological polar surface area (TPSA) is 118 Å². The van der Waals surface area contributed by atoms with Gasteiger partial charge in [-0.15, -0.1) is 0 Å². The van der Waals surface area contributed by atoms with Crippen LogP contribution in [0.3, 0.4) is 0 Å². The van der Waals surface area contributed by atoms with Crippen LogP contribution in [0.15, 0.2) is 291 Å². The molecule has 0 bridgehead atoms. The Morgan fingerprint density at radius 3 is 1.12 bits per heavy atom. The Kier molecular flexibility index (Phi) is 22.4. The minimum absolute atomic E-state index is 0.0547. The van der Waals surface area contributed by atoms with Crippen molar-refractivity contribution in [2.45, 2.75) is 106 Å². The second kappa shape index (κ2) is 32.1. The van der Waals surface area contributed by atoms with E-state index in [4.69, 9.17) is 14.2 Å². The molecule has 0 spiro atoms. The number of hydrogen-bond acceptors (Lipinski definition) is 8. The SMILES string of the molecule is CN(C(Cc1ccc(OCc2ccccc2)cc1)C(=O)NCC1(c2ccccc2)CCC1)C(C(=O)OCc1ccccc1)C(c1ccccc1)(c1ccccc1)c1ccccc1.CNC(Cc1ccc(OCc2ccccc2)cc1)C(=O)NCC1(c2ccccc2)CCC1. The van der Waals surface area contributed by atoms with Crippen molar-refractivity contribution < 1.29 is 28.6 Å². The highest BCUT2D eigenvalue weighted by atomic mass is 16.5. The number of benzene rings is 10. The molecule has 3 unspecified atom stereocenters. The van der Waals surface area contributed by atoms with Crippen LogP contribution >= 0.6 is 0 Å². The second-order valence-corrected chi connectivity index (χ2v) is 25.1. The van der Waals surface area contributed by atoms with Gasteiger partial charge in [-0.2, -0.15) is 0 Å². The summed E-state index contributed by atoms with van der Waals surface area (Å²) >= 11 is 0. The smallest absolute Gasteiger partial charge is 0.325 e. The van der Waals surface area contributed by atoms with Crippen molar-refractivity contribution >= 4 is 17.8 Å². The highest BCUT2D eigenvalue weighted by Gasteiger charge is 2.53. The largest absolute Gasteiger partial charge is 0.489 e. The number of rotatable bonds is 28. The Morgan fingerprint density at radius 1 is 0.415 bits per heavy atom. The van der Waals surface area contributed by atoms with E-state index in [1.807, 2.05) is 213 Å². The molecule has 2 amide bonds. The summed E-state index contributed by atoms with van der Waals surface area (Å²) in [6.07, 6.45) is 7.55. The number of esters is 1. The summed E-state index contributed by atoms with van der Waals surface area (Å²) in [6.45, 7) is 2.27. The Balaban J connectivity index is 0.000000236. The van der Waals surface area contributed by atoms with Crippen molar-refractivity contribution in [3.63, 3.8) is 0 Å². The minimum atomic E-state index is -1.11. The van der Waals surface area contributed by atoms with E-state index in [-0.39, 0.29) is 35.3 Å². The molecular weight excluding hydrogens is 1160 g/mol. The Bertz CT molecular complexity index is 3820. The molecule has 2 fully saturated rings. The predicted molar refractivity (Wildman–Crippen MR) is 375 cm³/mol. The summed E-state index contributed by atoms with van der Waals surface area (Å²) in [5, 5.41) is 9.84. The third kappa shape index (κ3) is 16.1. The van der Waals surface area contributed by atoms with E-state index < -0.39 is 23.5 Å². The van der Waals surface area contributed by atoms with E-state index in [0.717, 1.165) is 88.1 Å². The molecule has 10 nitrogen and oxygen atoms in total. The maximum Gasteiger partial charge on any atom is 0.325 e. The molecule has 0 aliphatic heterocycles. The van der Waals surface area contributed by atoms with Crippen molar-refractivity contribution in [1.29, 1.82) is 0 Å². The molecule has 10 aromatic carbocycles. The van der Waals surface area contributed by atoms with Gasteiger partial charge in [-0.25, -0.2) is 0 Å². The summed E-state index contributed by atoms with van der Waals surface area (Å²) in [4.78, 5) is 45.6. The van der Waals surface area contributed by atoms with Gasteiger partial charge in [0.2, 0.25) is 11.8 Å². The maximum absolute atomic E-state index is 15.5. The number of carbonyl (C=O) groups excluding carboxylic acids is 3. The van der Waals surface area contributed by atoms with Crippen LogP contribution in [0.1, 0.15) is 94.2 Å². The second-order valence-electron chi connectivity index (χ2n) is 25.1. The first-order chi connectivity index (χ1) is 46.1. The van der Waals surface area contributed by atoms with Crippen molar-refractivity contribution in [2.75, 3.05) is 27.2 Å². The Labute approximate surface area is 555 Å². The van der Waals surface area contributed by atoms with Crippen LogP contribution in [0.25, 0.3) is 0 Å². The summed E-state index contributed by atoms with van der Waals surface area (Å²) in [5.74, 6) is 1.04. The quantitative estimate of drug-likeness (QED) is 0.0328. The average Bonchev–Trinajstić information content (AvgIpc) is 0.726. The third-order valence-electron chi connectivity index (χ3n) is 19.2. The number of amides is 2. The van der Waals surface area contributed by atoms with Crippen LogP contribution in [0, 0.1) is 0 Å². The number of nitrogens with one attached hydrogen (secondary N) is 3. The number of hydrogen-bond donors (Lipinski definition) is 3. The van der Waals surface area contributed by atoms with Crippen molar-refractivity contribution in [2.24, 2.45) is 0 Å². The first kappa shape index (κ1) is 65.6. The summed E-state index contributed by atoms with van der Waals surface area (Å²) < 4.78 is 18.4. The molecule has 0 radical (unpaired) electrons. The lowest BCUT2D eigenvalue weighted by atomic mass is 9.63. The van der Waals surface area contributed by atoms with E-state index >= 15 is 9.59 Å². The van der Waals surface area contributed by atoms with Crippen LogP contribution < -0.4 is 25.4 Å². The standard InChI is InChI=1S/C56H54N2O4.C28H32N2O2/c1-58(51(53(59)57-42-55(37-20-38-55)46-25-12-4-13-26-46)39-43-33-35-50(36-34-43)61-40-44-21-8-2-9-22-44)52(54(60)62-41-45-23-10-3-11-24-45)56(47-27-14-5-15-28-47,48-29-16-6-17-30-48)49-31-18-7-19-32-49;1-29-26(27(31)30-21-28(17-8-18-28)24-11-6-3-7-12-24)19-22-13-15-25(16-14-22)32-20-23-9-4-2-5-10-23/h2-19,21-36,51-52H,20,37-42H2,1H3,(H,57,59);2-7,9-16,26,29H,8,17-21H2,1H3,(H,30,31). The lowest BCUT2D eigenvalue weighted by Gasteiger charge is -2.47. The lowest BCUT2D eigenvalue weighted by molar-refractivity contribution is -0.154. The highest BCUT2D eigenvalue weighted by Crippen LogP contribution is 2.47. The molecule has 94 heavy (non-hydrogen) atoms. The molecule has 2 aliphatic rings. The zero-order chi connectivity index (χ0) is 64.8.